The molecular weight excluding hydrogens is 242 g/mol. The maximum absolute atomic E-state index is 10.8. The monoisotopic (exact) mass is 257 g/mol. The molecule has 0 aliphatic carbocycles. The van der Waals surface area contributed by atoms with Crippen molar-refractivity contribution < 1.29 is 9.90 Å². The fraction of sp³-hybridized carbons (Fsp3) is 0.545. The smallest absolute Gasteiger partial charge is 0.305 e. The third-order valence-corrected chi connectivity index (χ3v) is 4.78. The lowest BCUT2D eigenvalue weighted by Gasteiger charge is -2.20. The molecule has 1 aromatic rings. The Morgan fingerprint density at radius 1 is 1.69 bits per heavy atom. The molecule has 88 valence electrons. The van der Waals surface area contributed by atoms with Gasteiger partial charge in [-0.05, 0) is 23.6 Å². The van der Waals surface area contributed by atoms with E-state index in [2.05, 4.69) is 5.32 Å². The lowest BCUT2D eigenvalue weighted by molar-refractivity contribution is -0.137. The molecule has 1 fully saturated rings. The molecular formula is C11H15NO2S2. The molecule has 0 radical (unpaired) electrons. The molecule has 1 aliphatic rings. The topological polar surface area (TPSA) is 49.3 Å². The summed E-state index contributed by atoms with van der Waals surface area (Å²) in [5.41, 5.74) is 0. The average molecular weight is 257 g/mol. The third kappa shape index (κ3) is 3.23. The van der Waals surface area contributed by atoms with Crippen molar-refractivity contribution in [2.45, 2.75) is 24.9 Å². The summed E-state index contributed by atoms with van der Waals surface area (Å²) in [7, 11) is 0. The summed E-state index contributed by atoms with van der Waals surface area (Å²) in [6.07, 6.45) is 1.31. The number of nitrogens with one attached hydrogen (secondary N) is 1. The summed E-state index contributed by atoms with van der Waals surface area (Å²) in [6.45, 7) is 0. The first-order chi connectivity index (χ1) is 7.75. The molecule has 16 heavy (non-hydrogen) atoms. The lowest BCUT2D eigenvalue weighted by Crippen LogP contribution is -2.33. The van der Waals surface area contributed by atoms with Crippen molar-refractivity contribution in [3.8, 4) is 0 Å². The van der Waals surface area contributed by atoms with Crippen LogP contribution in [0.25, 0.3) is 0 Å². The standard InChI is InChI=1S/C11H15NO2S2/c13-11(14)6-9(10-2-1-4-16-10)12-8-3-5-15-7-8/h1-2,4,8-9,12H,3,5-7H2,(H,13,14). The molecule has 0 aromatic carbocycles. The summed E-state index contributed by atoms with van der Waals surface area (Å²) in [4.78, 5) is 12.0. The molecule has 1 aliphatic heterocycles. The van der Waals surface area contributed by atoms with E-state index in [0.717, 1.165) is 17.1 Å². The number of thiophene rings is 1. The van der Waals surface area contributed by atoms with Crippen LogP contribution in [0.2, 0.25) is 0 Å². The van der Waals surface area contributed by atoms with Crippen molar-refractivity contribution in [1.82, 2.24) is 5.32 Å². The van der Waals surface area contributed by atoms with E-state index in [1.54, 1.807) is 11.3 Å². The molecule has 0 bridgehead atoms. The largest absolute Gasteiger partial charge is 0.481 e. The van der Waals surface area contributed by atoms with E-state index in [9.17, 15) is 4.79 Å². The minimum absolute atomic E-state index is 0.0267. The van der Waals surface area contributed by atoms with Crippen LogP contribution in [0.1, 0.15) is 23.8 Å². The van der Waals surface area contributed by atoms with Crippen molar-refractivity contribution in [3.05, 3.63) is 22.4 Å². The highest BCUT2D eigenvalue weighted by Crippen LogP contribution is 2.26. The molecule has 2 rings (SSSR count). The number of hydrogen-bond acceptors (Lipinski definition) is 4. The molecule has 1 saturated heterocycles. The normalized spacial score (nSPS) is 22.1. The minimum Gasteiger partial charge on any atom is -0.481 e. The maximum atomic E-state index is 10.8. The molecule has 0 saturated carbocycles. The summed E-state index contributed by atoms with van der Waals surface area (Å²) in [6, 6.07) is 4.42. The Morgan fingerprint density at radius 3 is 3.12 bits per heavy atom. The second-order valence-electron chi connectivity index (χ2n) is 3.89. The number of rotatable bonds is 5. The predicted molar refractivity (Wildman–Crippen MR) is 68.2 cm³/mol. The van der Waals surface area contributed by atoms with E-state index >= 15 is 0 Å². The Kier molecular flexibility index (Phi) is 4.26. The molecule has 0 spiro atoms. The molecule has 5 heteroatoms. The first kappa shape index (κ1) is 12.0. The highest BCUT2D eigenvalue weighted by molar-refractivity contribution is 7.99. The zero-order chi connectivity index (χ0) is 11.4. The Hall–Kier alpha value is -0.520. The van der Waals surface area contributed by atoms with Crippen LogP contribution >= 0.6 is 23.1 Å². The number of aliphatic carboxylic acids is 1. The minimum atomic E-state index is -0.739. The maximum Gasteiger partial charge on any atom is 0.305 e. The van der Waals surface area contributed by atoms with Gasteiger partial charge >= 0.3 is 5.97 Å². The molecule has 2 atom stereocenters. The molecule has 3 nitrogen and oxygen atoms in total. The van der Waals surface area contributed by atoms with Crippen LogP contribution in [-0.2, 0) is 4.79 Å². The highest BCUT2D eigenvalue weighted by atomic mass is 32.2. The van der Waals surface area contributed by atoms with E-state index in [0.29, 0.717) is 6.04 Å². The van der Waals surface area contributed by atoms with Gasteiger partial charge in [-0.25, -0.2) is 0 Å². The number of hydrogen-bond donors (Lipinski definition) is 2. The first-order valence-electron chi connectivity index (χ1n) is 5.34. The summed E-state index contributed by atoms with van der Waals surface area (Å²) >= 11 is 3.56. The Morgan fingerprint density at radius 2 is 2.56 bits per heavy atom. The zero-order valence-electron chi connectivity index (χ0n) is 8.89. The predicted octanol–water partition coefficient (Wildman–Crippen LogP) is 2.36. The summed E-state index contributed by atoms with van der Waals surface area (Å²) in [5.74, 6) is 1.54. The van der Waals surface area contributed by atoms with E-state index in [1.807, 2.05) is 29.3 Å². The van der Waals surface area contributed by atoms with Gasteiger partial charge in [0.05, 0.1) is 12.5 Å². The second kappa shape index (κ2) is 5.70. The average Bonchev–Trinajstić information content (AvgIpc) is 2.88. The van der Waals surface area contributed by atoms with Gasteiger partial charge in [-0.2, -0.15) is 11.8 Å². The molecule has 2 heterocycles. The van der Waals surface area contributed by atoms with Crippen molar-refractivity contribution in [3.63, 3.8) is 0 Å². The summed E-state index contributed by atoms with van der Waals surface area (Å²) in [5, 5.41) is 14.4. The van der Waals surface area contributed by atoms with Gasteiger partial charge in [-0.15, -0.1) is 11.3 Å². The van der Waals surface area contributed by atoms with Gasteiger partial charge in [0.1, 0.15) is 0 Å². The van der Waals surface area contributed by atoms with Crippen molar-refractivity contribution in [2.75, 3.05) is 11.5 Å². The van der Waals surface area contributed by atoms with Crippen LogP contribution in [0.5, 0.6) is 0 Å². The molecule has 2 unspecified atom stereocenters. The Bertz CT molecular complexity index is 334. The van der Waals surface area contributed by atoms with Gasteiger partial charge in [-0.1, -0.05) is 6.07 Å². The van der Waals surface area contributed by atoms with Crippen molar-refractivity contribution in [1.29, 1.82) is 0 Å². The van der Waals surface area contributed by atoms with Crippen LogP contribution in [-0.4, -0.2) is 28.6 Å². The number of thioether (sulfide) groups is 1. The fourth-order valence-electron chi connectivity index (χ4n) is 1.86. The van der Waals surface area contributed by atoms with Crippen LogP contribution in [0.15, 0.2) is 17.5 Å². The van der Waals surface area contributed by atoms with Crippen LogP contribution < -0.4 is 5.32 Å². The highest BCUT2D eigenvalue weighted by Gasteiger charge is 2.22. The van der Waals surface area contributed by atoms with E-state index in [-0.39, 0.29) is 12.5 Å². The number of carboxylic acid groups (broad SMARTS) is 1. The van der Waals surface area contributed by atoms with Gasteiger partial charge in [0.2, 0.25) is 0 Å². The van der Waals surface area contributed by atoms with Gasteiger partial charge in [0.15, 0.2) is 0 Å². The van der Waals surface area contributed by atoms with Gasteiger partial charge in [0.25, 0.3) is 0 Å². The van der Waals surface area contributed by atoms with Crippen LogP contribution in [0, 0.1) is 0 Å². The lowest BCUT2D eigenvalue weighted by atomic mass is 10.1. The van der Waals surface area contributed by atoms with E-state index in [4.69, 9.17) is 5.11 Å². The summed E-state index contributed by atoms with van der Waals surface area (Å²) < 4.78 is 0. The van der Waals surface area contributed by atoms with Crippen molar-refractivity contribution in [2.24, 2.45) is 0 Å². The fourth-order valence-corrected chi connectivity index (χ4v) is 3.81. The number of carboxylic acids is 1. The third-order valence-electron chi connectivity index (χ3n) is 2.63. The number of carbonyl (C=O) groups is 1. The van der Waals surface area contributed by atoms with Crippen molar-refractivity contribution >= 4 is 29.1 Å². The molecule has 1 aromatic heterocycles. The van der Waals surface area contributed by atoms with Crippen LogP contribution in [0.3, 0.4) is 0 Å². The Labute approximate surface area is 103 Å². The van der Waals surface area contributed by atoms with Gasteiger partial charge in [-0.3, -0.25) is 4.79 Å². The molecule has 0 amide bonds. The molecule has 2 N–H and O–H groups in total. The van der Waals surface area contributed by atoms with E-state index in [1.165, 1.54) is 5.75 Å². The first-order valence-corrected chi connectivity index (χ1v) is 7.38. The van der Waals surface area contributed by atoms with E-state index < -0.39 is 5.97 Å². The Balaban J connectivity index is 1.99. The van der Waals surface area contributed by atoms with Gasteiger partial charge in [0, 0.05) is 16.7 Å². The second-order valence-corrected chi connectivity index (χ2v) is 6.02. The van der Waals surface area contributed by atoms with Gasteiger partial charge < -0.3 is 10.4 Å². The SMILES string of the molecule is O=C(O)CC(NC1CCSC1)c1cccs1. The quantitative estimate of drug-likeness (QED) is 0.850. The zero-order valence-corrected chi connectivity index (χ0v) is 10.5. The van der Waals surface area contributed by atoms with Crippen LogP contribution in [0.4, 0.5) is 0 Å².